The maximum Gasteiger partial charge on any atom is 0.211 e. The minimum Gasteiger partial charge on any atom is -0.370 e. The average molecular weight is 390 g/mol. The van der Waals surface area contributed by atoms with Crippen molar-refractivity contribution in [3.63, 3.8) is 0 Å². The molecule has 108 valence electrons. The van der Waals surface area contributed by atoms with Crippen LogP contribution in [-0.4, -0.2) is 51.2 Å². The molecule has 0 spiro atoms. The summed E-state index contributed by atoms with van der Waals surface area (Å²) in [7, 11) is -3.12. The van der Waals surface area contributed by atoms with Crippen LogP contribution in [0.5, 0.6) is 0 Å². The molecular formula is C10H23IN4O2S. The Morgan fingerprint density at radius 2 is 1.94 bits per heavy atom. The summed E-state index contributed by atoms with van der Waals surface area (Å²) in [6, 6.07) is 0. The van der Waals surface area contributed by atoms with E-state index in [4.69, 9.17) is 5.73 Å². The fraction of sp³-hybridized carbons (Fsp3) is 0.900. The lowest BCUT2D eigenvalue weighted by molar-refractivity contribution is 0.338. The van der Waals surface area contributed by atoms with Crippen molar-refractivity contribution >= 4 is 40.0 Å². The van der Waals surface area contributed by atoms with E-state index in [1.807, 2.05) is 0 Å². The summed E-state index contributed by atoms with van der Waals surface area (Å²) in [5.74, 6) is 0.624. The summed E-state index contributed by atoms with van der Waals surface area (Å²) in [6.45, 7) is 4.21. The van der Waals surface area contributed by atoms with Crippen molar-refractivity contribution in [1.29, 1.82) is 0 Å². The standard InChI is InChI=1S/C10H22N4O2S.HI/c1-2-17(15,16)13-7-6-12-10(11)14-8-4-3-5-9-14;/h13H,2-9H2,1H3,(H2,11,12);1H. The van der Waals surface area contributed by atoms with Gasteiger partial charge in [-0.3, -0.25) is 4.99 Å². The van der Waals surface area contributed by atoms with Gasteiger partial charge in [0.15, 0.2) is 5.96 Å². The normalized spacial score (nSPS) is 17.4. The number of nitrogens with one attached hydrogen (secondary N) is 1. The van der Waals surface area contributed by atoms with Crippen LogP contribution in [0.2, 0.25) is 0 Å². The predicted molar refractivity (Wildman–Crippen MR) is 84.8 cm³/mol. The van der Waals surface area contributed by atoms with Gasteiger partial charge in [-0.1, -0.05) is 0 Å². The van der Waals surface area contributed by atoms with Crippen LogP contribution in [0.3, 0.4) is 0 Å². The predicted octanol–water partition coefficient (Wildman–Crippen LogP) is 0.344. The molecule has 0 amide bonds. The summed E-state index contributed by atoms with van der Waals surface area (Å²) in [5, 5.41) is 0. The maximum atomic E-state index is 11.1. The van der Waals surface area contributed by atoms with Crippen LogP contribution in [0.4, 0.5) is 0 Å². The van der Waals surface area contributed by atoms with Crippen molar-refractivity contribution < 1.29 is 8.42 Å². The first kappa shape index (κ1) is 17.9. The monoisotopic (exact) mass is 390 g/mol. The zero-order chi connectivity index (χ0) is 12.7. The van der Waals surface area contributed by atoms with Gasteiger partial charge in [-0.05, 0) is 26.2 Å². The second-order valence-corrected chi connectivity index (χ2v) is 6.18. The Hall–Kier alpha value is -0.0900. The molecule has 1 rings (SSSR count). The summed E-state index contributed by atoms with van der Waals surface area (Å²) in [4.78, 5) is 6.23. The molecule has 0 aromatic carbocycles. The number of likely N-dealkylation sites (tertiary alicyclic amines) is 1. The van der Waals surface area contributed by atoms with Gasteiger partial charge in [-0.2, -0.15) is 0 Å². The number of halogens is 1. The van der Waals surface area contributed by atoms with E-state index in [0.717, 1.165) is 25.9 Å². The third kappa shape index (κ3) is 6.74. The van der Waals surface area contributed by atoms with Gasteiger partial charge >= 0.3 is 0 Å². The summed E-state index contributed by atoms with van der Waals surface area (Å²) >= 11 is 0. The molecule has 0 unspecified atom stereocenters. The van der Waals surface area contributed by atoms with Crippen molar-refractivity contribution in [1.82, 2.24) is 9.62 Å². The molecule has 0 aliphatic carbocycles. The number of hydrogen-bond acceptors (Lipinski definition) is 3. The smallest absolute Gasteiger partial charge is 0.211 e. The molecule has 1 aliphatic heterocycles. The van der Waals surface area contributed by atoms with Gasteiger partial charge in [0, 0.05) is 19.6 Å². The molecule has 0 atom stereocenters. The summed E-state index contributed by atoms with van der Waals surface area (Å²) < 4.78 is 24.7. The highest BCUT2D eigenvalue weighted by Crippen LogP contribution is 2.07. The number of nitrogens with zero attached hydrogens (tertiary/aromatic N) is 2. The van der Waals surface area contributed by atoms with E-state index in [9.17, 15) is 8.42 Å². The molecule has 0 radical (unpaired) electrons. The van der Waals surface area contributed by atoms with Crippen LogP contribution >= 0.6 is 24.0 Å². The van der Waals surface area contributed by atoms with Crippen LogP contribution in [0.1, 0.15) is 26.2 Å². The number of aliphatic imine (C=N–C) groups is 1. The minimum atomic E-state index is -3.12. The van der Waals surface area contributed by atoms with Crippen molar-refractivity contribution in [2.75, 3.05) is 31.9 Å². The van der Waals surface area contributed by atoms with E-state index >= 15 is 0 Å². The highest BCUT2D eigenvalue weighted by molar-refractivity contribution is 14.0. The molecule has 0 saturated carbocycles. The topological polar surface area (TPSA) is 87.8 Å². The zero-order valence-corrected chi connectivity index (χ0v) is 13.9. The lowest BCUT2D eigenvalue weighted by atomic mass is 10.1. The minimum absolute atomic E-state index is 0. The number of sulfonamides is 1. The molecule has 8 heteroatoms. The number of guanidine groups is 1. The second kappa shape index (κ2) is 8.92. The van der Waals surface area contributed by atoms with E-state index < -0.39 is 10.0 Å². The van der Waals surface area contributed by atoms with E-state index in [0.29, 0.717) is 19.0 Å². The number of nitrogens with two attached hydrogens (primary N) is 1. The van der Waals surface area contributed by atoms with Crippen LogP contribution in [0.25, 0.3) is 0 Å². The second-order valence-electron chi connectivity index (χ2n) is 4.09. The Morgan fingerprint density at radius 1 is 1.33 bits per heavy atom. The third-order valence-electron chi connectivity index (χ3n) is 2.77. The van der Waals surface area contributed by atoms with Gasteiger partial charge < -0.3 is 10.6 Å². The lowest BCUT2D eigenvalue weighted by Gasteiger charge is -2.27. The third-order valence-corrected chi connectivity index (χ3v) is 4.17. The number of hydrogen-bond donors (Lipinski definition) is 2. The largest absolute Gasteiger partial charge is 0.370 e. The number of rotatable bonds is 5. The molecule has 1 fully saturated rings. The van der Waals surface area contributed by atoms with Crippen LogP contribution < -0.4 is 10.5 Å². The molecule has 0 bridgehead atoms. The fourth-order valence-electron chi connectivity index (χ4n) is 1.70. The SMILES string of the molecule is CCS(=O)(=O)NCCN=C(N)N1CCCCC1.I. The van der Waals surface area contributed by atoms with E-state index in [2.05, 4.69) is 14.6 Å². The first-order chi connectivity index (χ1) is 8.05. The Labute approximate surface area is 126 Å². The first-order valence-electron chi connectivity index (χ1n) is 6.07. The lowest BCUT2D eigenvalue weighted by Crippen LogP contribution is -2.41. The Morgan fingerprint density at radius 3 is 2.50 bits per heavy atom. The molecular weight excluding hydrogens is 367 g/mol. The molecule has 6 nitrogen and oxygen atoms in total. The molecule has 1 heterocycles. The van der Waals surface area contributed by atoms with Crippen LogP contribution in [0, 0.1) is 0 Å². The van der Waals surface area contributed by atoms with Crippen molar-refractivity contribution in [2.24, 2.45) is 10.7 Å². The van der Waals surface area contributed by atoms with E-state index in [-0.39, 0.29) is 29.7 Å². The molecule has 1 saturated heterocycles. The molecule has 3 N–H and O–H groups in total. The van der Waals surface area contributed by atoms with Gasteiger partial charge in [0.1, 0.15) is 0 Å². The average Bonchev–Trinajstić information content (AvgIpc) is 2.35. The Balaban J connectivity index is 0.00000289. The maximum absolute atomic E-state index is 11.1. The Bertz CT molecular complexity index is 353. The van der Waals surface area contributed by atoms with E-state index in [1.165, 1.54) is 6.42 Å². The van der Waals surface area contributed by atoms with Crippen molar-refractivity contribution in [3.05, 3.63) is 0 Å². The van der Waals surface area contributed by atoms with Gasteiger partial charge in [-0.25, -0.2) is 13.1 Å². The summed E-state index contributed by atoms with van der Waals surface area (Å²) in [5.41, 5.74) is 5.83. The van der Waals surface area contributed by atoms with Gasteiger partial charge in [0.2, 0.25) is 10.0 Å². The fourth-order valence-corrected chi connectivity index (χ4v) is 2.30. The Kier molecular flexibility index (Phi) is 8.87. The van der Waals surface area contributed by atoms with Gasteiger partial charge in [-0.15, -0.1) is 24.0 Å². The zero-order valence-electron chi connectivity index (χ0n) is 10.8. The van der Waals surface area contributed by atoms with Crippen molar-refractivity contribution in [3.8, 4) is 0 Å². The van der Waals surface area contributed by atoms with Crippen molar-refractivity contribution in [2.45, 2.75) is 26.2 Å². The molecule has 18 heavy (non-hydrogen) atoms. The quantitative estimate of drug-likeness (QED) is 0.307. The molecule has 1 aliphatic rings. The van der Waals surface area contributed by atoms with Crippen LogP contribution in [-0.2, 0) is 10.0 Å². The van der Waals surface area contributed by atoms with Crippen LogP contribution in [0.15, 0.2) is 4.99 Å². The highest BCUT2D eigenvalue weighted by Gasteiger charge is 2.11. The molecule has 0 aromatic rings. The first-order valence-corrected chi connectivity index (χ1v) is 7.72. The summed E-state index contributed by atoms with van der Waals surface area (Å²) in [6.07, 6.45) is 3.55. The van der Waals surface area contributed by atoms with E-state index in [1.54, 1.807) is 6.92 Å². The van der Waals surface area contributed by atoms with Gasteiger partial charge in [0.05, 0.1) is 12.3 Å². The van der Waals surface area contributed by atoms with Gasteiger partial charge in [0.25, 0.3) is 0 Å². The number of piperidine rings is 1. The molecule has 0 aromatic heterocycles. The highest BCUT2D eigenvalue weighted by atomic mass is 127.